The zero-order valence-corrected chi connectivity index (χ0v) is 11.4. The van der Waals surface area contributed by atoms with Crippen LogP contribution in [0.15, 0.2) is 48.5 Å². The standard InChI is InChI=1S/C18H20/c1-13-9-10-17-15(11-13)16(12-18(17,2)3)14-7-5-4-6-8-14/h4-11,16H,12H2,1-3H3. The first-order valence-electron chi connectivity index (χ1n) is 6.74. The van der Waals surface area contributed by atoms with E-state index in [2.05, 4.69) is 69.3 Å². The molecule has 2 aromatic rings. The topological polar surface area (TPSA) is 0 Å². The van der Waals surface area contributed by atoms with Crippen LogP contribution in [-0.4, -0.2) is 0 Å². The molecule has 1 unspecified atom stereocenters. The van der Waals surface area contributed by atoms with Gasteiger partial charge in [0.25, 0.3) is 0 Å². The van der Waals surface area contributed by atoms with Gasteiger partial charge in [0.2, 0.25) is 0 Å². The zero-order chi connectivity index (χ0) is 12.8. The molecule has 0 bridgehead atoms. The van der Waals surface area contributed by atoms with Crippen LogP contribution in [0.5, 0.6) is 0 Å². The number of fused-ring (bicyclic) bond motifs is 1. The van der Waals surface area contributed by atoms with Gasteiger partial charge in [0.1, 0.15) is 0 Å². The molecule has 0 aromatic heterocycles. The third-order valence-electron chi connectivity index (χ3n) is 4.23. The Morgan fingerprint density at radius 1 is 1.00 bits per heavy atom. The van der Waals surface area contributed by atoms with E-state index in [1.165, 1.54) is 28.7 Å². The number of rotatable bonds is 1. The van der Waals surface area contributed by atoms with Gasteiger partial charge in [0.15, 0.2) is 0 Å². The molecule has 0 nitrogen and oxygen atoms in total. The van der Waals surface area contributed by atoms with E-state index in [-0.39, 0.29) is 0 Å². The molecule has 0 heteroatoms. The Bertz CT molecular complexity index is 564. The molecule has 0 spiro atoms. The highest BCUT2D eigenvalue weighted by molar-refractivity contribution is 5.48. The molecule has 0 amide bonds. The first kappa shape index (κ1) is 11.5. The Kier molecular flexibility index (Phi) is 2.55. The number of hydrogen-bond acceptors (Lipinski definition) is 0. The van der Waals surface area contributed by atoms with Crippen molar-refractivity contribution in [2.75, 3.05) is 0 Å². The fraction of sp³-hybridized carbons (Fsp3) is 0.333. The average Bonchev–Trinajstić information content (AvgIpc) is 2.62. The largest absolute Gasteiger partial charge is 0.0622 e. The van der Waals surface area contributed by atoms with E-state index in [4.69, 9.17) is 0 Å². The molecule has 3 rings (SSSR count). The smallest absolute Gasteiger partial charge is 0.0101 e. The van der Waals surface area contributed by atoms with Crippen LogP contribution in [0.4, 0.5) is 0 Å². The summed E-state index contributed by atoms with van der Waals surface area (Å²) < 4.78 is 0. The predicted octanol–water partition coefficient (Wildman–Crippen LogP) is 4.81. The van der Waals surface area contributed by atoms with Crippen molar-refractivity contribution in [2.24, 2.45) is 0 Å². The molecule has 0 N–H and O–H groups in total. The quantitative estimate of drug-likeness (QED) is 0.666. The minimum absolute atomic E-state index is 0.295. The zero-order valence-electron chi connectivity index (χ0n) is 11.4. The first-order valence-corrected chi connectivity index (χ1v) is 6.74. The molecule has 2 aromatic carbocycles. The van der Waals surface area contributed by atoms with Crippen molar-refractivity contribution < 1.29 is 0 Å². The monoisotopic (exact) mass is 236 g/mol. The summed E-state index contributed by atoms with van der Waals surface area (Å²) in [4.78, 5) is 0. The molecular weight excluding hydrogens is 216 g/mol. The van der Waals surface area contributed by atoms with Crippen molar-refractivity contribution in [1.29, 1.82) is 0 Å². The van der Waals surface area contributed by atoms with Gasteiger partial charge in [0.05, 0.1) is 0 Å². The number of benzene rings is 2. The van der Waals surface area contributed by atoms with Crippen LogP contribution in [0.2, 0.25) is 0 Å². The van der Waals surface area contributed by atoms with Gasteiger partial charge in [-0.2, -0.15) is 0 Å². The highest BCUT2D eigenvalue weighted by Gasteiger charge is 2.37. The van der Waals surface area contributed by atoms with Crippen LogP contribution in [-0.2, 0) is 5.41 Å². The van der Waals surface area contributed by atoms with Crippen molar-refractivity contribution in [3.05, 3.63) is 70.8 Å². The van der Waals surface area contributed by atoms with Crippen LogP contribution in [0.25, 0.3) is 0 Å². The normalized spacial score (nSPS) is 20.7. The summed E-state index contributed by atoms with van der Waals surface area (Å²) in [5, 5.41) is 0. The molecule has 1 aliphatic carbocycles. The van der Waals surface area contributed by atoms with E-state index in [0.29, 0.717) is 11.3 Å². The molecule has 0 heterocycles. The summed E-state index contributed by atoms with van der Waals surface area (Å²) in [5.41, 5.74) is 6.18. The summed E-state index contributed by atoms with van der Waals surface area (Å²) in [7, 11) is 0. The van der Waals surface area contributed by atoms with Crippen LogP contribution >= 0.6 is 0 Å². The lowest BCUT2D eigenvalue weighted by atomic mass is 9.85. The maximum Gasteiger partial charge on any atom is 0.0101 e. The van der Waals surface area contributed by atoms with Gasteiger partial charge in [-0.25, -0.2) is 0 Å². The van der Waals surface area contributed by atoms with Crippen LogP contribution in [0.3, 0.4) is 0 Å². The summed E-state index contributed by atoms with van der Waals surface area (Å²) >= 11 is 0. The Morgan fingerprint density at radius 3 is 2.44 bits per heavy atom. The highest BCUT2D eigenvalue weighted by atomic mass is 14.4. The van der Waals surface area contributed by atoms with E-state index in [1.54, 1.807) is 0 Å². The van der Waals surface area contributed by atoms with Gasteiger partial charge in [0, 0.05) is 5.92 Å². The number of aryl methyl sites for hydroxylation is 1. The second-order valence-corrected chi connectivity index (χ2v) is 6.14. The fourth-order valence-corrected chi connectivity index (χ4v) is 3.30. The predicted molar refractivity (Wildman–Crippen MR) is 77.1 cm³/mol. The van der Waals surface area contributed by atoms with Crippen molar-refractivity contribution in [1.82, 2.24) is 0 Å². The van der Waals surface area contributed by atoms with E-state index in [0.717, 1.165) is 0 Å². The lowest BCUT2D eigenvalue weighted by molar-refractivity contribution is 0.499. The SMILES string of the molecule is Cc1ccc2c(c1)C(c1ccccc1)CC2(C)C. The lowest BCUT2D eigenvalue weighted by Gasteiger charge is -2.19. The second kappa shape index (κ2) is 3.98. The second-order valence-electron chi connectivity index (χ2n) is 6.14. The van der Waals surface area contributed by atoms with Crippen molar-refractivity contribution in [3.63, 3.8) is 0 Å². The molecule has 92 valence electrons. The van der Waals surface area contributed by atoms with Gasteiger partial charge < -0.3 is 0 Å². The van der Waals surface area contributed by atoms with E-state index >= 15 is 0 Å². The molecule has 0 radical (unpaired) electrons. The van der Waals surface area contributed by atoms with Gasteiger partial charge >= 0.3 is 0 Å². The van der Waals surface area contributed by atoms with Crippen LogP contribution in [0, 0.1) is 6.92 Å². The minimum atomic E-state index is 0.295. The van der Waals surface area contributed by atoms with Gasteiger partial charge in [-0.1, -0.05) is 67.9 Å². The Hall–Kier alpha value is -1.56. The lowest BCUT2D eigenvalue weighted by Crippen LogP contribution is -2.12. The van der Waals surface area contributed by atoms with Gasteiger partial charge in [-0.3, -0.25) is 0 Å². The van der Waals surface area contributed by atoms with E-state index < -0.39 is 0 Å². The Morgan fingerprint density at radius 2 is 1.72 bits per heavy atom. The van der Waals surface area contributed by atoms with Crippen molar-refractivity contribution in [3.8, 4) is 0 Å². The molecule has 0 aliphatic heterocycles. The van der Waals surface area contributed by atoms with Gasteiger partial charge in [-0.15, -0.1) is 0 Å². The molecule has 1 aliphatic rings. The van der Waals surface area contributed by atoms with E-state index in [1.807, 2.05) is 0 Å². The maximum atomic E-state index is 2.38. The third-order valence-corrected chi connectivity index (χ3v) is 4.23. The average molecular weight is 236 g/mol. The fourth-order valence-electron chi connectivity index (χ4n) is 3.30. The molecular formula is C18H20. The Labute approximate surface area is 110 Å². The summed E-state index contributed by atoms with van der Waals surface area (Å²) in [6, 6.07) is 17.9. The molecule has 0 saturated heterocycles. The third kappa shape index (κ3) is 1.77. The van der Waals surface area contributed by atoms with E-state index in [9.17, 15) is 0 Å². The van der Waals surface area contributed by atoms with Crippen molar-refractivity contribution in [2.45, 2.75) is 38.5 Å². The maximum absolute atomic E-state index is 2.38. The molecule has 18 heavy (non-hydrogen) atoms. The first-order chi connectivity index (χ1) is 8.58. The number of hydrogen-bond donors (Lipinski definition) is 0. The molecule has 1 atom stereocenters. The molecule has 0 fully saturated rings. The molecule has 0 saturated carbocycles. The minimum Gasteiger partial charge on any atom is -0.0622 e. The summed E-state index contributed by atoms with van der Waals surface area (Å²) in [6.07, 6.45) is 1.22. The summed E-state index contributed by atoms with van der Waals surface area (Å²) in [5.74, 6) is 0.566. The van der Waals surface area contributed by atoms with Crippen molar-refractivity contribution >= 4 is 0 Å². The van der Waals surface area contributed by atoms with Crippen LogP contribution in [0.1, 0.15) is 48.4 Å². The Balaban J connectivity index is 2.14. The summed E-state index contributed by atoms with van der Waals surface area (Å²) in [6.45, 7) is 6.92. The van der Waals surface area contributed by atoms with Gasteiger partial charge in [-0.05, 0) is 35.4 Å². The van der Waals surface area contributed by atoms with Crippen LogP contribution < -0.4 is 0 Å². The highest BCUT2D eigenvalue weighted by Crippen LogP contribution is 2.48.